The Morgan fingerprint density at radius 1 is 1.37 bits per heavy atom. The molecular formula is C11H14N4O2S2. The number of nitrogens with zero attached hydrogens (tertiary/aromatic N) is 3. The van der Waals surface area contributed by atoms with E-state index in [1.165, 1.54) is 28.0 Å². The van der Waals surface area contributed by atoms with Gasteiger partial charge < -0.3 is 5.32 Å². The summed E-state index contributed by atoms with van der Waals surface area (Å²) in [5.74, 6) is 0.389. The molecule has 0 radical (unpaired) electrons. The maximum absolute atomic E-state index is 12.3. The second kappa shape index (κ2) is 5.64. The summed E-state index contributed by atoms with van der Waals surface area (Å²) in [6.45, 7) is 0.341. The van der Waals surface area contributed by atoms with Crippen molar-refractivity contribution in [1.82, 2.24) is 14.3 Å². The van der Waals surface area contributed by atoms with E-state index in [-0.39, 0.29) is 4.90 Å². The molecule has 0 fully saturated rings. The van der Waals surface area contributed by atoms with Gasteiger partial charge in [0.25, 0.3) is 0 Å². The molecule has 0 aliphatic heterocycles. The van der Waals surface area contributed by atoms with Crippen LogP contribution in [0.15, 0.2) is 34.8 Å². The van der Waals surface area contributed by atoms with Crippen molar-refractivity contribution in [1.29, 1.82) is 0 Å². The van der Waals surface area contributed by atoms with E-state index in [0.717, 1.165) is 4.88 Å². The number of nitrogens with one attached hydrogen (secondary N) is 1. The average Bonchev–Trinajstić information content (AvgIpc) is 2.91. The summed E-state index contributed by atoms with van der Waals surface area (Å²) in [5.41, 5.74) is 0. The van der Waals surface area contributed by atoms with Gasteiger partial charge in [-0.25, -0.2) is 18.4 Å². The molecule has 1 N–H and O–H groups in total. The van der Waals surface area contributed by atoms with Crippen molar-refractivity contribution in [3.05, 3.63) is 34.8 Å². The lowest BCUT2D eigenvalue weighted by atomic mass is 10.5. The SMILES string of the molecule is CNc1ncc(S(=O)(=O)N(C)Cc2cccs2)cn1. The van der Waals surface area contributed by atoms with Crippen LogP contribution >= 0.6 is 11.3 Å². The van der Waals surface area contributed by atoms with Crippen LogP contribution in [0.5, 0.6) is 0 Å². The minimum atomic E-state index is -3.55. The molecule has 0 aliphatic rings. The highest BCUT2D eigenvalue weighted by Crippen LogP contribution is 2.18. The van der Waals surface area contributed by atoms with Crippen LogP contribution < -0.4 is 5.32 Å². The van der Waals surface area contributed by atoms with Crippen molar-refractivity contribution in [3.8, 4) is 0 Å². The Labute approximate surface area is 116 Å². The van der Waals surface area contributed by atoms with Crippen molar-refractivity contribution in [2.24, 2.45) is 0 Å². The summed E-state index contributed by atoms with van der Waals surface area (Å²) in [6.07, 6.45) is 2.61. The zero-order valence-electron chi connectivity index (χ0n) is 10.6. The third-order valence-corrected chi connectivity index (χ3v) is 5.14. The van der Waals surface area contributed by atoms with Crippen molar-refractivity contribution in [2.45, 2.75) is 11.4 Å². The average molecular weight is 298 g/mol. The van der Waals surface area contributed by atoms with E-state index in [1.807, 2.05) is 17.5 Å². The van der Waals surface area contributed by atoms with Crippen molar-refractivity contribution >= 4 is 27.3 Å². The first-order valence-corrected chi connectivity index (χ1v) is 7.84. The van der Waals surface area contributed by atoms with Gasteiger partial charge in [-0.1, -0.05) is 6.07 Å². The minimum Gasteiger partial charge on any atom is -0.357 e. The zero-order valence-corrected chi connectivity index (χ0v) is 12.2. The molecule has 8 heteroatoms. The molecular weight excluding hydrogens is 284 g/mol. The molecule has 0 saturated heterocycles. The fraction of sp³-hybridized carbons (Fsp3) is 0.273. The molecule has 0 aromatic carbocycles. The summed E-state index contributed by atoms with van der Waals surface area (Å²) in [4.78, 5) is 8.91. The number of hydrogen-bond acceptors (Lipinski definition) is 6. The maximum atomic E-state index is 12.3. The first-order chi connectivity index (χ1) is 9.04. The minimum absolute atomic E-state index is 0.0885. The van der Waals surface area contributed by atoms with Gasteiger partial charge >= 0.3 is 0 Å². The topological polar surface area (TPSA) is 75.2 Å². The van der Waals surface area contributed by atoms with Crippen molar-refractivity contribution < 1.29 is 8.42 Å². The fourth-order valence-corrected chi connectivity index (χ4v) is 3.35. The molecule has 0 unspecified atom stereocenters. The van der Waals surface area contributed by atoms with Gasteiger partial charge in [-0.05, 0) is 11.4 Å². The van der Waals surface area contributed by atoms with E-state index >= 15 is 0 Å². The second-order valence-corrected chi connectivity index (χ2v) is 6.91. The van der Waals surface area contributed by atoms with Gasteiger partial charge in [-0.3, -0.25) is 0 Å². The molecule has 0 atom stereocenters. The first-order valence-electron chi connectivity index (χ1n) is 5.52. The Balaban J connectivity index is 2.20. The molecule has 0 saturated carbocycles. The molecule has 0 spiro atoms. The zero-order chi connectivity index (χ0) is 13.9. The third kappa shape index (κ3) is 3.09. The molecule has 102 valence electrons. The number of aromatic nitrogens is 2. The number of hydrogen-bond donors (Lipinski definition) is 1. The fourth-order valence-electron chi connectivity index (χ4n) is 1.47. The van der Waals surface area contributed by atoms with Gasteiger partial charge in [0.2, 0.25) is 16.0 Å². The van der Waals surface area contributed by atoms with E-state index in [2.05, 4.69) is 15.3 Å². The van der Waals surface area contributed by atoms with Gasteiger partial charge in [-0.2, -0.15) is 4.31 Å². The normalized spacial score (nSPS) is 11.7. The highest BCUT2D eigenvalue weighted by molar-refractivity contribution is 7.89. The molecule has 2 aromatic heterocycles. The largest absolute Gasteiger partial charge is 0.357 e. The van der Waals surface area contributed by atoms with Crippen LogP contribution in [-0.4, -0.2) is 36.8 Å². The van der Waals surface area contributed by atoms with Crippen LogP contribution in [0.2, 0.25) is 0 Å². The molecule has 19 heavy (non-hydrogen) atoms. The van der Waals surface area contributed by atoms with Gasteiger partial charge in [0, 0.05) is 25.5 Å². The summed E-state index contributed by atoms with van der Waals surface area (Å²) >= 11 is 1.52. The number of thiophene rings is 1. The van der Waals surface area contributed by atoms with E-state index in [9.17, 15) is 8.42 Å². The highest BCUT2D eigenvalue weighted by atomic mass is 32.2. The predicted molar refractivity (Wildman–Crippen MR) is 74.6 cm³/mol. The summed E-state index contributed by atoms with van der Waals surface area (Å²) < 4.78 is 25.9. The molecule has 2 rings (SSSR count). The Morgan fingerprint density at radius 2 is 2.05 bits per heavy atom. The Hall–Kier alpha value is -1.51. The summed E-state index contributed by atoms with van der Waals surface area (Å²) in [6, 6.07) is 3.79. The van der Waals surface area contributed by atoms with Crippen LogP contribution in [0.3, 0.4) is 0 Å². The lowest BCUT2D eigenvalue weighted by molar-refractivity contribution is 0.469. The van der Waals surface area contributed by atoms with Gasteiger partial charge in [0.1, 0.15) is 4.90 Å². The van der Waals surface area contributed by atoms with Crippen LogP contribution in [0.4, 0.5) is 5.95 Å². The molecule has 0 aliphatic carbocycles. The van der Waals surface area contributed by atoms with E-state index in [1.54, 1.807) is 14.1 Å². The molecule has 6 nitrogen and oxygen atoms in total. The van der Waals surface area contributed by atoms with Crippen LogP contribution in [-0.2, 0) is 16.6 Å². The third-order valence-electron chi connectivity index (χ3n) is 2.52. The first kappa shape index (κ1) is 13.9. The van der Waals surface area contributed by atoms with Crippen molar-refractivity contribution in [3.63, 3.8) is 0 Å². The van der Waals surface area contributed by atoms with Crippen LogP contribution in [0, 0.1) is 0 Å². The lowest BCUT2D eigenvalue weighted by Gasteiger charge is -2.15. The standard InChI is InChI=1S/C11H14N4O2S2/c1-12-11-13-6-10(7-14-11)19(16,17)15(2)8-9-4-3-5-18-9/h3-7H,8H2,1-2H3,(H,12,13,14). The predicted octanol–water partition coefficient (Wildman–Crippen LogP) is 1.40. The molecule has 0 bridgehead atoms. The monoisotopic (exact) mass is 298 g/mol. The van der Waals surface area contributed by atoms with Crippen LogP contribution in [0.25, 0.3) is 0 Å². The van der Waals surface area contributed by atoms with Gasteiger partial charge in [0.05, 0.1) is 12.4 Å². The van der Waals surface area contributed by atoms with E-state index < -0.39 is 10.0 Å². The van der Waals surface area contributed by atoms with Gasteiger partial charge in [-0.15, -0.1) is 11.3 Å². The smallest absolute Gasteiger partial charge is 0.246 e. The molecule has 0 amide bonds. The van der Waals surface area contributed by atoms with E-state index in [4.69, 9.17) is 0 Å². The lowest BCUT2D eigenvalue weighted by Crippen LogP contribution is -2.26. The number of sulfonamides is 1. The Morgan fingerprint density at radius 3 is 2.58 bits per heavy atom. The highest BCUT2D eigenvalue weighted by Gasteiger charge is 2.22. The maximum Gasteiger partial charge on any atom is 0.246 e. The second-order valence-electron chi connectivity index (χ2n) is 3.83. The molecule has 2 heterocycles. The Bertz CT molecular complexity index is 623. The number of rotatable bonds is 5. The van der Waals surface area contributed by atoms with Crippen molar-refractivity contribution in [2.75, 3.05) is 19.4 Å². The van der Waals surface area contributed by atoms with Crippen LogP contribution in [0.1, 0.15) is 4.88 Å². The van der Waals surface area contributed by atoms with E-state index in [0.29, 0.717) is 12.5 Å². The molecule has 2 aromatic rings. The summed E-state index contributed by atoms with van der Waals surface area (Å²) in [7, 11) is -0.337. The quantitative estimate of drug-likeness (QED) is 0.903. The Kier molecular flexibility index (Phi) is 4.13. The number of anilines is 1. The summed E-state index contributed by atoms with van der Waals surface area (Å²) in [5, 5.41) is 4.66. The van der Waals surface area contributed by atoms with Gasteiger partial charge in [0.15, 0.2) is 0 Å².